The maximum absolute atomic E-state index is 13.1. The van der Waals surface area contributed by atoms with Gasteiger partial charge in [-0.15, -0.1) is 0 Å². The third-order valence-corrected chi connectivity index (χ3v) is 5.41. The molecule has 1 unspecified atom stereocenters. The molecule has 4 rings (SSSR count). The number of ketones is 1. The molecule has 8 nitrogen and oxygen atoms in total. The normalized spacial score (nSPS) is 18.2. The van der Waals surface area contributed by atoms with Crippen LogP contribution in [0.15, 0.2) is 54.2 Å². The second-order valence-corrected chi connectivity index (χ2v) is 7.24. The first kappa shape index (κ1) is 20.6. The number of aliphatic hydroxyl groups is 1. The van der Waals surface area contributed by atoms with Crippen LogP contribution < -0.4 is 4.74 Å². The van der Waals surface area contributed by atoms with Crippen LogP contribution in [-0.2, 0) is 14.3 Å². The van der Waals surface area contributed by atoms with Gasteiger partial charge in [0.1, 0.15) is 17.1 Å². The lowest BCUT2D eigenvalue weighted by Crippen LogP contribution is -2.32. The number of pyridine rings is 1. The molecular weight excluding hydrogens is 398 g/mol. The number of carbonyl (C=O) groups is 2. The average Bonchev–Trinajstić information content (AvgIpc) is 3.25. The summed E-state index contributed by atoms with van der Waals surface area (Å²) in [7, 11) is 3.07. The number of aliphatic hydroxyl groups excluding tert-OH is 1. The fraction of sp³-hybridized carbons (Fsp3) is 0.261. The minimum absolute atomic E-state index is 0.0168. The number of likely N-dealkylation sites (tertiary alicyclic amines) is 1. The molecule has 3 heterocycles. The number of fused-ring (bicyclic) bond motifs is 1. The molecule has 1 aliphatic rings. The third kappa shape index (κ3) is 3.44. The van der Waals surface area contributed by atoms with Gasteiger partial charge < -0.3 is 19.5 Å². The van der Waals surface area contributed by atoms with Gasteiger partial charge in [0.2, 0.25) is 0 Å². The highest BCUT2D eigenvalue weighted by molar-refractivity contribution is 6.46. The molecule has 2 aromatic heterocycles. The van der Waals surface area contributed by atoms with E-state index in [9.17, 15) is 14.7 Å². The summed E-state index contributed by atoms with van der Waals surface area (Å²) in [6.07, 6.45) is 1.76. The van der Waals surface area contributed by atoms with Crippen molar-refractivity contribution in [1.29, 1.82) is 0 Å². The Labute approximate surface area is 179 Å². The lowest BCUT2D eigenvalue weighted by atomic mass is 9.96. The van der Waals surface area contributed by atoms with E-state index in [2.05, 4.69) is 4.98 Å². The van der Waals surface area contributed by atoms with Gasteiger partial charge in [0.15, 0.2) is 5.76 Å². The van der Waals surface area contributed by atoms with Crippen LogP contribution in [0.3, 0.4) is 0 Å². The molecule has 1 aliphatic heterocycles. The van der Waals surface area contributed by atoms with E-state index in [4.69, 9.17) is 9.47 Å². The van der Waals surface area contributed by atoms with E-state index in [0.29, 0.717) is 28.3 Å². The molecule has 0 aliphatic carbocycles. The first-order chi connectivity index (χ1) is 15.0. The van der Waals surface area contributed by atoms with Gasteiger partial charge in [-0.3, -0.25) is 14.0 Å². The van der Waals surface area contributed by atoms with E-state index in [-0.39, 0.29) is 24.5 Å². The van der Waals surface area contributed by atoms with E-state index in [1.54, 1.807) is 55.0 Å². The highest BCUT2D eigenvalue weighted by Gasteiger charge is 2.46. The Morgan fingerprint density at radius 2 is 1.97 bits per heavy atom. The van der Waals surface area contributed by atoms with Crippen molar-refractivity contribution < 1.29 is 24.2 Å². The molecule has 1 fully saturated rings. The van der Waals surface area contributed by atoms with Crippen LogP contribution in [-0.4, -0.2) is 58.5 Å². The SMILES string of the molecule is COCCN1C(=O)C(=O)/C(=C(/O)c2c(C)nc3ccccn23)C1c1cccc(OC)c1. The zero-order valence-corrected chi connectivity index (χ0v) is 17.5. The van der Waals surface area contributed by atoms with Gasteiger partial charge in [-0.2, -0.15) is 0 Å². The summed E-state index contributed by atoms with van der Waals surface area (Å²) in [6.45, 7) is 2.21. The number of hydrogen-bond acceptors (Lipinski definition) is 6. The summed E-state index contributed by atoms with van der Waals surface area (Å²) < 4.78 is 12.2. The maximum atomic E-state index is 13.1. The molecule has 0 saturated carbocycles. The molecule has 8 heteroatoms. The van der Waals surface area contributed by atoms with Gasteiger partial charge in [0, 0.05) is 19.9 Å². The predicted molar refractivity (Wildman–Crippen MR) is 114 cm³/mol. The molecule has 3 aromatic rings. The lowest BCUT2D eigenvalue weighted by Gasteiger charge is -2.25. The Bertz CT molecular complexity index is 1200. The zero-order valence-electron chi connectivity index (χ0n) is 17.5. The van der Waals surface area contributed by atoms with E-state index < -0.39 is 17.7 Å². The summed E-state index contributed by atoms with van der Waals surface area (Å²) in [5.74, 6) is -1.10. The Balaban J connectivity index is 1.95. The van der Waals surface area contributed by atoms with Gasteiger partial charge in [0.25, 0.3) is 11.7 Å². The van der Waals surface area contributed by atoms with Crippen LogP contribution in [0.25, 0.3) is 11.4 Å². The number of amides is 1. The first-order valence-corrected chi connectivity index (χ1v) is 9.83. The molecule has 1 saturated heterocycles. The number of ether oxygens (including phenoxy) is 2. The quantitative estimate of drug-likeness (QED) is 0.374. The summed E-state index contributed by atoms with van der Waals surface area (Å²) >= 11 is 0. The van der Waals surface area contributed by atoms with Crippen LogP contribution in [0.1, 0.15) is 23.0 Å². The number of imidazole rings is 1. The van der Waals surface area contributed by atoms with Crippen molar-refractivity contribution in [2.75, 3.05) is 27.4 Å². The van der Waals surface area contributed by atoms with Crippen LogP contribution in [0.4, 0.5) is 0 Å². The van der Waals surface area contributed by atoms with Crippen molar-refractivity contribution in [3.05, 3.63) is 71.2 Å². The van der Waals surface area contributed by atoms with Crippen molar-refractivity contribution in [1.82, 2.24) is 14.3 Å². The topological polar surface area (TPSA) is 93.4 Å². The fourth-order valence-corrected chi connectivity index (χ4v) is 3.98. The molecule has 0 spiro atoms. The minimum atomic E-state index is -0.779. The number of hydrogen-bond donors (Lipinski definition) is 1. The summed E-state index contributed by atoms with van der Waals surface area (Å²) in [4.78, 5) is 31.9. The van der Waals surface area contributed by atoms with Crippen molar-refractivity contribution in [2.24, 2.45) is 0 Å². The van der Waals surface area contributed by atoms with E-state index in [0.717, 1.165) is 0 Å². The molecule has 1 aromatic carbocycles. The summed E-state index contributed by atoms with van der Waals surface area (Å²) in [6, 6.07) is 11.8. The van der Waals surface area contributed by atoms with Crippen molar-refractivity contribution in [2.45, 2.75) is 13.0 Å². The van der Waals surface area contributed by atoms with Crippen molar-refractivity contribution in [3.63, 3.8) is 0 Å². The molecule has 1 amide bonds. The highest BCUT2D eigenvalue weighted by atomic mass is 16.5. The third-order valence-electron chi connectivity index (χ3n) is 5.41. The molecule has 1 atom stereocenters. The van der Waals surface area contributed by atoms with Gasteiger partial charge in [-0.25, -0.2) is 4.98 Å². The summed E-state index contributed by atoms with van der Waals surface area (Å²) in [5, 5.41) is 11.3. The fourth-order valence-electron chi connectivity index (χ4n) is 3.98. The second kappa shape index (κ2) is 8.23. The number of rotatable bonds is 6. The van der Waals surface area contributed by atoms with Gasteiger partial charge in [-0.05, 0) is 36.8 Å². The second-order valence-electron chi connectivity index (χ2n) is 7.24. The van der Waals surface area contributed by atoms with Crippen molar-refractivity contribution >= 4 is 23.1 Å². The molecule has 1 N–H and O–H groups in total. The number of Topliss-reactive ketones (excluding diaryl/α,β-unsaturated/α-hetero) is 1. The number of nitrogens with zero attached hydrogens (tertiary/aromatic N) is 3. The lowest BCUT2D eigenvalue weighted by molar-refractivity contribution is -0.140. The first-order valence-electron chi connectivity index (χ1n) is 9.83. The zero-order chi connectivity index (χ0) is 22.1. The van der Waals surface area contributed by atoms with Crippen LogP contribution in [0.2, 0.25) is 0 Å². The Morgan fingerprint density at radius 1 is 1.16 bits per heavy atom. The Morgan fingerprint density at radius 3 is 2.71 bits per heavy atom. The molecule has 0 bridgehead atoms. The molecular formula is C23H23N3O5. The smallest absolute Gasteiger partial charge is 0.295 e. The predicted octanol–water partition coefficient (Wildman–Crippen LogP) is 2.72. The molecule has 31 heavy (non-hydrogen) atoms. The van der Waals surface area contributed by atoms with E-state index in [1.807, 2.05) is 12.1 Å². The van der Waals surface area contributed by atoms with Crippen molar-refractivity contribution in [3.8, 4) is 5.75 Å². The van der Waals surface area contributed by atoms with Gasteiger partial charge >= 0.3 is 0 Å². The largest absolute Gasteiger partial charge is 0.505 e. The van der Waals surface area contributed by atoms with Crippen LogP contribution in [0, 0.1) is 6.92 Å². The maximum Gasteiger partial charge on any atom is 0.295 e. The van der Waals surface area contributed by atoms with Gasteiger partial charge in [-0.1, -0.05) is 18.2 Å². The highest BCUT2D eigenvalue weighted by Crippen LogP contribution is 2.40. The summed E-state index contributed by atoms with van der Waals surface area (Å²) in [5.41, 5.74) is 2.24. The number of methoxy groups -OCH3 is 2. The minimum Gasteiger partial charge on any atom is -0.505 e. The number of aromatic nitrogens is 2. The molecule has 0 radical (unpaired) electrons. The van der Waals surface area contributed by atoms with Gasteiger partial charge in [0.05, 0.1) is 31.0 Å². The average molecular weight is 421 g/mol. The Kier molecular flexibility index (Phi) is 5.48. The number of aryl methyl sites for hydroxylation is 1. The van der Waals surface area contributed by atoms with Crippen LogP contribution >= 0.6 is 0 Å². The number of benzene rings is 1. The molecule has 160 valence electrons. The monoisotopic (exact) mass is 421 g/mol. The standard InChI is InChI=1S/C23H23N3O5/c1-14-19(25-10-5-4-9-17(25)24-14)21(27)18-20(15-7-6-8-16(13-15)31-3)26(11-12-30-2)23(29)22(18)28/h4-10,13,20,27H,11-12H2,1-3H3/b21-18+. The van der Waals surface area contributed by atoms with E-state index >= 15 is 0 Å². The van der Waals surface area contributed by atoms with E-state index in [1.165, 1.54) is 12.0 Å². The van der Waals surface area contributed by atoms with Crippen LogP contribution in [0.5, 0.6) is 5.75 Å². The number of carbonyl (C=O) groups excluding carboxylic acids is 2. The Hall–Kier alpha value is -3.65.